The van der Waals surface area contributed by atoms with Crippen molar-refractivity contribution in [2.75, 3.05) is 12.4 Å². The van der Waals surface area contributed by atoms with Crippen LogP contribution in [0.5, 0.6) is 0 Å². The van der Waals surface area contributed by atoms with Gasteiger partial charge in [-0.1, -0.05) is 37.2 Å². The highest BCUT2D eigenvalue weighted by atomic mass is 32.2. The lowest BCUT2D eigenvalue weighted by Gasteiger charge is -2.21. The van der Waals surface area contributed by atoms with Crippen LogP contribution in [0.4, 0.5) is 0 Å². The van der Waals surface area contributed by atoms with Crippen LogP contribution in [0.2, 0.25) is 0 Å². The van der Waals surface area contributed by atoms with Gasteiger partial charge < -0.3 is 14.5 Å². The van der Waals surface area contributed by atoms with E-state index >= 15 is 0 Å². The van der Waals surface area contributed by atoms with Gasteiger partial charge in [0.25, 0.3) is 0 Å². The van der Waals surface area contributed by atoms with E-state index in [4.69, 9.17) is 9.47 Å². The molecule has 0 aliphatic carbocycles. The van der Waals surface area contributed by atoms with Gasteiger partial charge in [0.05, 0.1) is 17.6 Å². The Balaban J connectivity index is 1.67. The molecule has 1 aliphatic rings. The quantitative estimate of drug-likeness (QED) is 0.462. The molecular weight excluding hydrogens is 340 g/mol. The molecule has 6 nitrogen and oxygen atoms in total. The summed E-state index contributed by atoms with van der Waals surface area (Å²) < 4.78 is 10.6. The Hall–Kier alpha value is -2.02. The number of ether oxygens (including phenoxy) is 2. The summed E-state index contributed by atoms with van der Waals surface area (Å²) in [6.45, 7) is 3.95. The Morgan fingerprint density at radius 2 is 2.24 bits per heavy atom. The number of benzene rings is 1. The third kappa shape index (κ3) is 3.51. The zero-order chi connectivity index (χ0) is 17.9. The molecule has 1 aliphatic heterocycles. The highest BCUT2D eigenvalue weighted by Crippen LogP contribution is 2.41. The molecule has 7 heteroatoms. The fourth-order valence-electron chi connectivity index (χ4n) is 3.21. The lowest BCUT2D eigenvalue weighted by atomic mass is 9.80. The largest absolute Gasteiger partial charge is 0.465 e. The van der Waals surface area contributed by atoms with Crippen LogP contribution >= 0.6 is 11.8 Å². The minimum atomic E-state index is -1.15. The van der Waals surface area contributed by atoms with Gasteiger partial charge in [-0.25, -0.2) is 4.98 Å². The molecule has 2 atom stereocenters. The molecule has 1 saturated heterocycles. The van der Waals surface area contributed by atoms with Gasteiger partial charge in [-0.3, -0.25) is 9.59 Å². The number of esters is 2. The second kappa shape index (κ2) is 7.47. The van der Waals surface area contributed by atoms with Crippen LogP contribution in [0, 0.1) is 5.41 Å². The van der Waals surface area contributed by atoms with Crippen LogP contribution in [0.25, 0.3) is 11.0 Å². The summed E-state index contributed by atoms with van der Waals surface area (Å²) in [4.78, 5) is 32.5. The maximum atomic E-state index is 12.4. The third-order valence-electron chi connectivity index (χ3n) is 4.36. The normalized spacial score (nSPS) is 23.0. The molecule has 2 aromatic rings. The van der Waals surface area contributed by atoms with Crippen molar-refractivity contribution in [3.8, 4) is 0 Å². The first-order valence-electron chi connectivity index (χ1n) is 8.55. The van der Waals surface area contributed by atoms with Crippen molar-refractivity contribution >= 4 is 34.7 Å². The average molecular weight is 362 g/mol. The summed E-state index contributed by atoms with van der Waals surface area (Å²) in [7, 11) is 0. The molecule has 2 unspecified atom stereocenters. The Bertz CT molecular complexity index is 742. The van der Waals surface area contributed by atoms with Gasteiger partial charge in [0, 0.05) is 12.2 Å². The van der Waals surface area contributed by atoms with E-state index in [9.17, 15) is 9.59 Å². The summed E-state index contributed by atoms with van der Waals surface area (Å²) in [5.74, 6) is -0.364. The fourth-order valence-corrected chi connectivity index (χ4v) is 4.08. The molecule has 3 rings (SSSR count). The number of hydrogen-bond acceptors (Lipinski definition) is 6. The monoisotopic (exact) mass is 362 g/mol. The highest BCUT2D eigenvalue weighted by molar-refractivity contribution is 7.99. The topological polar surface area (TPSA) is 81.3 Å². The summed E-state index contributed by atoms with van der Waals surface area (Å²) in [5, 5.41) is 0.779. The van der Waals surface area contributed by atoms with E-state index in [2.05, 4.69) is 9.97 Å². The van der Waals surface area contributed by atoms with E-state index < -0.39 is 17.4 Å². The number of carbonyl (C=O) groups excluding carboxylic acids is 2. The lowest BCUT2D eigenvalue weighted by Crippen LogP contribution is -2.37. The molecule has 134 valence electrons. The number of para-hydroxylation sites is 2. The molecule has 1 aromatic heterocycles. The van der Waals surface area contributed by atoms with E-state index in [0.717, 1.165) is 22.6 Å². The van der Waals surface area contributed by atoms with Gasteiger partial charge in [-0.15, -0.1) is 0 Å². The summed E-state index contributed by atoms with van der Waals surface area (Å²) in [6, 6.07) is 7.80. The minimum absolute atomic E-state index is 0.260. The number of aromatic nitrogens is 2. The van der Waals surface area contributed by atoms with Crippen molar-refractivity contribution in [2.45, 2.75) is 44.4 Å². The summed E-state index contributed by atoms with van der Waals surface area (Å²) in [5.41, 5.74) is 0.727. The van der Waals surface area contributed by atoms with Gasteiger partial charge in [0.2, 0.25) is 0 Å². The highest BCUT2D eigenvalue weighted by Gasteiger charge is 2.55. The maximum absolute atomic E-state index is 12.4. The van der Waals surface area contributed by atoms with Crippen molar-refractivity contribution in [1.82, 2.24) is 9.97 Å². The number of imidazole rings is 1. The van der Waals surface area contributed by atoms with E-state index in [1.807, 2.05) is 31.2 Å². The first-order chi connectivity index (χ1) is 12.1. The molecule has 25 heavy (non-hydrogen) atoms. The van der Waals surface area contributed by atoms with Gasteiger partial charge in [-0.2, -0.15) is 0 Å². The number of fused-ring (bicyclic) bond motifs is 1. The molecule has 1 fully saturated rings. The number of aromatic amines is 1. The summed E-state index contributed by atoms with van der Waals surface area (Å²) in [6.07, 6.45) is 1.22. The smallest absolute Gasteiger partial charge is 0.323 e. The van der Waals surface area contributed by atoms with Crippen molar-refractivity contribution in [3.63, 3.8) is 0 Å². The second-order valence-corrected chi connectivity index (χ2v) is 7.16. The third-order valence-corrected chi connectivity index (χ3v) is 5.36. The Kier molecular flexibility index (Phi) is 5.32. The Labute approximate surface area is 150 Å². The average Bonchev–Trinajstić information content (AvgIpc) is 3.15. The first-order valence-corrected chi connectivity index (χ1v) is 9.53. The number of cyclic esters (lactones) is 1. The fraction of sp³-hybridized carbons (Fsp3) is 0.500. The SMILES string of the molecule is CCCC1(C(=O)OCC)CC(CSc2nc3ccccc3[nH]2)OC1=O. The second-order valence-electron chi connectivity index (χ2n) is 6.15. The zero-order valence-electron chi connectivity index (χ0n) is 14.4. The number of nitrogens with zero attached hydrogens (tertiary/aromatic N) is 1. The lowest BCUT2D eigenvalue weighted by molar-refractivity contribution is -0.165. The molecule has 0 bridgehead atoms. The van der Waals surface area contributed by atoms with Crippen LogP contribution in [0.15, 0.2) is 29.4 Å². The van der Waals surface area contributed by atoms with Crippen LogP contribution in [-0.4, -0.2) is 40.4 Å². The predicted molar refractivity (Wildman–Crippen MR) is 95.3 cm³/mol. The molecule has 2 heterocycles. The standard InChI is InChI=1S/C18H22N2O4S/c1-3-9-18(15(21)23-4-2)10-12(24-16(18)22)11-25-17-19-13-7-5-6-8-14(13)20-17/h5-8,12H,3-4,9-11H2,1-2H3,(H,19,20). The van der Waals surface area contributed by atoms with Crippen LogP contribution in [0.1, 0.15) is 33.1 Å². The van der Waals surface area contributed by atoms with Gasteiger partial charge in [0.1, 0.15) is 6.10 Å². The van der Waals surface area contributed by atoms with Crippen LogP contribution in [-0.2, 0) is 19.1 Å². The van der Waals surface area contributed by atoms with Gasteiger partial charge >= 0.3 is 11.9 Å². The Morgan fingerprint density at radius 3 is 2.96 bits per heavy atom. The maximum Gasteiger partial charge on any atom is 0.323 e. The van der Waals surface area contributed by atoms with E-state index in [0.29, 0.717) is 18.6 Å². The summed E-state index contributed by atoms with van der Waals surface area (Å²) >= 11 is 1.49. The number of nitrogens with one attached hydrogen (secondary N) is 1. The zero-order valence-corrected chi connectivity index (χ0v) is 15.2. The van der Waals surface area contributed by atoms with Crippen molar-refractivity contribution in [3.05, 3.63) is 24.3 Å². The van der Waals surface area contributed by atoms with Crippen LogP contribution < -0.4 is 0 Å². The molecule has 0 radical (unpaired) electrons. The molecule has 0 spiro atoms. The molecular formula is C18H22N2O4S. The number of H-pyrrole nitrogens is 1. The van der Waals surface area contributed by atoms with Crippen molar-refractivity contribution in [2.24, 2.45) is 5.41 Å². The number of rotatable bonds is 7. The van der Waals surface area contributed by atoms with E-state index in [1.54, 1.807) is 6.92 Å². The van der Waals surface area contributed by atoms with Gasteiger partial charge in [0.15, 0.2) is 10.6 Å². The molecule has 0 saturated carbocycles. The minimum Gasteiger partial charge on any atom is -0.465 e. The number of thioether (sulfide) groups is 1. The van der Waals surface area contributed by atoms with Crippen LogP contribution in [0.3, 0.4) is 0 Å². The van der Waals surface area contributed by atoms with Crippen molar-refractivity contribution in [1.29, 1.82) is 0 Å². The molecule has 1 N–H and O–H groups in total. The number of hydrogen-bond donors (Lipinski definition) is 1. The first kappa shape index (κ1) is 17.8. The molecule has 0 amide bonds. The Morgan fingerprint density at radius 1 is 1.44 bits per heavy atom. The van der Waals surface area contributed by atoms with Gasteiger partial charge in [-0.05, 0) is 25.5 Å². The predicted octanol–water partition coefficient (Wildman–Crippen LogP) is 3.32. The molecule has 1 aromatic carbocycles. The van der Waals surface area contributed by atoms with E-state index in [1.165, 1.54) is 11.8 Å². The van der Waals surface area contributed by atoms with E-state index in [-0.39, 0.29) is 12.7 Å². The van der Waals surface area contributed by atoms with Crippen molar-refractivity contribution < 1.29 is 19.1 Å². The number of carbonyl (C=O) groups is 2.